The molecule has 3 rings (SSSR count). The smallest absolute Gasteiger partial charge is 0.339 e. The number of fused-ring (bicyclic) bond motifs is 1. The fraction of sp³-hybridized carbons (Fsp3) is 0.300. The van der Waals surface area contributed by atoms with Crippen LogP contribution in [0.4, 0.5) is 0 Å². The van der Waals surface area contributed by atoms with E-state index >= 15 is 0 Å². The minimum absolute atomic E-state index is 0.132. The highest BCUT2D eigenvalue weighted by Crippen LogP contribution is 2.23. The van der Waals surface area contributed by atoms with Crippen LogP contribution in [-0.4, -0.2) is 40.6 Å². The van der Waals surface area contributed by atoms with Crippen LogP contribution in [0.5, 0.6) is 0 Å². The molecular formula is C20H21N3O4. The fourth-order valence-corrected chi connectivity index (χ4v) is 2.86. The van der Waals surface area contributed by atoms with E-state index < -0.39 is 5.97 Å². The average molecular weight is 367 g/mol. The summed E-state index contributed by atoms with van der Waals surface area (Å²) in [4.78, 5) is 30.7. The summed E-state index contributed by atoms with van der Waals surface area (Å²) in [6, 6.07) is 11.1. The molecule has 0 aliphatic heterocycles. The van der Waals surface area contributed by atoms with Crippen LogP contribution in [0, 0.1) is 13.8 Å². The van der Waals surface area contributed by atoms with Crippen molar-refractivity contribution >= 4 is 23.0 Å². The third-order valence-electron chi connectivity index (χ3n) is 4.55. The van der Waals surface area contributed by atoms with Crippen LogP contribution < -0.4 is 0 Å². The molecule has 0 fully saturated rings. The lowest BCUT2D eigenvalue weighted by Crippen LogP contribution is -2.33. The largest absolute Gasteiger partial charge is 0.452 e. The number of pyridine rings is 1. The molecule has 0 radical (unpaired) electrons. The van der Waals surface area contributed by atoms with Crippen molar-refractivity contribution in [2.24, 2.45) is 0 Å². The molecular weight excluding hydrogens is 346 g/mol. The predicted molar refractivity (Wildman–Crippen MR) is 99.2 cm³/mol. The number of benzene rings is 1. The van der Waals surface area contributed by atoms with Crippen molar-refractivity contribution in [2.75, 3.05) is 13.7 Å². The second kappa shape index (κ2) is 7.57. The third-order valence-corrected chi connectivity index (χ3v) is 4.55. The van der Waals surface area contributed by atoms with Gasteiger partial charge in [0.15, 0.2) is 6.61 Å². The van der Waals surface area contributed by atoms with Gasteiger partial charge < -0.3 is 14.2 Å². The second-order valence-corrected chi connectivity index (χ2v) is 6.43. The molecule has 3 aromatic rings. The van der Waals surface area contributed by atoms with E-state index in [0.29, 0.717) is 22.3 Å². The van der Waals surface area contributed by atoms with Gasteiger partial charge in [-0.25, -0.2) is 9.78 Å². The summed E-state index contributed by atoms with van der Waals surface area (Å²) in [5.41, 5.74) is 2.73. The van der Waals surface area contributed by atoms with Crippen molar-refractivity contribution in [3.05, 3.63) is 58.9 Å². The second-order valence-electron chi connectivity index (χ2n) is 6.43. The topological polar surface area (TPSA) is 85.5 Å². The van der Waals surface area contributed by atoms with Crippen molar-refractivity contribution in [3.8, 4) is 0 Å². The Hall–Kier alpha value is -3.22. The van der Waals surface area contributed by atoms with Crippen LogP contribution in [0.3, 0.4) is 0 Å². The first-order valence-electron chi connectivity index (χ1n) is 8.60. The molecule has 7 heteroatoms. The zero-order valence-electron chi connectivity index (χ0n) is 15.7. The lowest BCUT2D eigenvalue weighted by atomic mass is 10.1. The van der Waals surface area contributed by atoms with Crippen LogP contribution in [0.1, 0.15) is 40.3 Å². The number of carbonyl (C=O) groups excluding carboxylic acids is 2. The number of carbonyl (C=O) groups is 2. The van der Waals surface area contributed by atoms with E-state index in [1.54, 1.807) is 31.9 Å². The van der Waals surface area contributed by atoms with Gasteiger partial charge in [-0.1, -0.05) is 35.5 Å². The lowest BCUT2D eigenvalue weighted by Gasteiger charge is -2.25. The molecule has 140 valence electrons. The Morgan fingerprint density at radius 1 is 1.22 bits per heavy atom. The van der Waals surface area contributed by atoms with Crippen molar-refractivity contribution in [3.63, 3.8) is 0 Å². The molecule has 0 aliphatic rings. The molecule has 1 amide bonds. The van der Waals surface area contributed by atoms with Crippen molar-refractivity contribution in [1.29, 1.82) is 0 Å². The van der Waals surface area contributed by atoms with E-state index in [1.165, 1.54) is 0 Å². The summed E-state index contributed by atoms with van der Waals surface area (Å²) in [6.07, 6.45) is 0. The minimum Gasteiger partial charge on any atom is -0.452 e. The molecule has 1 unspecified atom stereocenters. The van der Waals surface area contributed by atoms with Gasteiger partial charge in [0.1, 0.15) is 0 Å². The first kappa shape index (κ1) is 18.6. The van der Waals surface area contributed by atoms with Gasteiger partial charge in [-0.2, -0.15) is 0 Å². The number of nitrogens with zero attached hydrogens (tertiary/aromatic N) is 3. The molecule has 0 N–H and O–H groups in total. The monoisotopic (exact) mass is 367 g/mol. The van der Waals surface area contributed by atoms with Crippen LogP contribution in [0.25, 0.3) is 11.1 Å². The molecule has 1 atom stereocenters. The number of rotatable bonds is 5. The Bertz CT molecular complexity index is 982. The molecule has 0 bridgehead atoms. The summed E-state index contributed by atoms with van der Waals surface area (Å²) < 4.78 is 10.4. The number of hydrogen-bond acceptors (Lipinski definition) is 6. The van der Waals surface area contributed by atoms with Crippen LogP contribution in [0.15, 0.2) is 40.9 Å². The Morgan fingerprint density at radius 3 is 2.63 bits per heavy atom. The number of hydrogen-bond donors (Lipinski definition) is 0. The molecule has 0 aliphatic carbocycles. The number of ether oxygens (including phenoxy) is 1. The number of aromatic nitrogens is 2. The molecule has 27 heavy (non-hydrogen) atoms. The number of aryl methyl sites for hydroxylation is 2. The van der Waals surface area contributed by atoms with E-state index in [2.05, 4.69) is 10.1 Å². The molecule has 2 aromatic heterocycles. The standard InChI is InChI=1S/C20H21N3O4/c1-12-10-16(18-13(2)22-27-19(18)21-12)20(25)26-11-17(24)23(4)14(3)15-8-6-5-7-9-15/h5-10,14H,11H2,1-4H3. The minimum atomic E-state index is -0.606. The Morgan fingerprint density at radius 2 is 1.93 bits per heavy atom. The Labute approximate surface area is 156 Å². The maximum atomic E-state index is 12.5. The van der Waals surface area contributed by atoms with Crippen molar-refractivity contribution in [2.45, 2.75) is 26.8 Å². The summed E-state index contributed by atoms with van der Waals surface area (Å²) in [6.45, 7) is 5.04. The quantitative estimate of drug-likeness (QED) is 0.644. The Kier molecular flexibility index (Phi) is 5.21. The first-order chi connectivity index (χ1) is 12.9. The highest BCUT2D eigenvalue weighted by Gasteiger charge is 2.22. The summed E-state index contributed by atoms with van der Waals surface area (Å²) in [5, 5.41) is 4.34. The zero-order chi connectivity index (χ0) is 19.6. The van der Waals surface area contributed by atoms with E-state index in [1.807, 2.05) is 37.3 Å². The zero-order valence-corrected chi connectivity index (χ0v) is 15.7. The van der Waals surface area contributed by atoms with Gasteiger partial charge >= 0.3 is 5.97 Å². The predicted octanol–water partition coefficient (Wildman–Crippen LogP) is 3.22. The molecule has 7 nitrogen and oxygen atoms in total. The van der Waals surface area contributed by atoms with E-state index in [4.69, 9.17) is 9.26 Å². The van der Waals surface area contributed by atoms with E-state index in [0.717, 1.165) is 5.56 Å². The first-order valence-corrected chi connectivity index (χ1v) is 8.60. The highest BCUT2D eigenvalue weighted by molar-refractivity contribution is 6.03. The summed E-state index contributed by atoms with van der Waals surface area (Å²) in [7, 11) is 1.69. The lowest BCUT2D eigenvalue weighted by molar-refractivity contribution is -0.135. The molecule has 1 aromatic carbocycles. The number of likely N-dealkylation sites (N-methyl/N-ethyl adjacent to an activating group) is 1. The van der Waals surface area contributed by atoms with Crippen molar-refractivity contribution < 1.29 is 18.8 Å². The molecule has 0 saturated carbocycles. The summed E-state index contributed by atoms with van der Waals surface area (Å²) >= 11 is 0. The van der Waals surface area contributed by atoms with Crippen LogP contribution >= 0.6 is 0 Å². The van der Waals surface area contributed by atoms with Crippen LogP contribution in [-0.2, 0) is 9.53 Å². The number of esters is 1. The molecule has 0 spiro atoms. The average Bonchev–Trinajstić information content (AvgIpc) is 3.05. The summed E-state index contributed by atoms with van der Waals surface area (Å²) in [5.74, 6) is -0.894. The number of amides is 1. The fourth-order valence-electron chi connectivity index (χ4n) is 2.86. The maximum Gasteiger partial charge on any atom is 0.339 e. The van der Waals surface area contributed by atoms with E-state index in [9.17, 15) is 9.59 Å². The van der Waals surface area contributed by atoms with Gasteiger partial charge in [0.05, 0.1) is 22.7 Å². The van der Waals surface area contributed by atoms with Gasteiger partial charge in [-0.3, -0.25) is 4.79 Å². The Balaban J connectivity index is 1.71. The van der Waals surface area contributed by atoms with Crippen LogP contribution in [0.2, 0.25) is 0 Å². The third kappa shape index (κ3) is 3.81. The van der Waals surface area contributed by atoms with E-state index in [-0.39, 0.29) is 24.3 Å². The van der Waals surface area contributed by atoms with Gasteiger partial charge in [0.2, 0.25) is 0 Å². The maximum absolute atomic E-state index is 12.5. The SMILES string of the molecule is Cc1cc(C(=O)OCC(=O)N(C)C(C)c2ccccc2)c2c(C)noc2n1. The van der Waals surface area contributed by atoms with Gasteiger partial charge in [-0.15, -0.1) is 0 Å². The normalized spacial score (nSPS) is 12.0. The molecule has 2 heterocycles. The molecule has 0 saturated heterocycles. The van der Waals surface area contributed by atoms with Crippen molar-refractivity contribution in [1.82, 2.24) is 15.0 Å². The van der Waals surface area contributed by atoms with Gasteiger partial charge in [-0.05, 0) is 32.4 Å². The van der Waals surface area contributed by atoms with Gasteiger partial charge in [0, 0.05) is 12.7 Å². The van der Waals surface area contributed by atoms with Gasteiger partial charge in [0.25, 0.3) is 11.6 Å². The highest BCUT2D eigenvalue weighted by atomic mass is 16.5.